The molecule has 0 saturated carbocycles. The van der Waals surface area contributed by atoms with Crippen LogP contribution in [0.15, 0.2) is 16.6 Å². The number of rotatable bonds is 2. The minimum absolute atomic E-state index is 0.0467. The molecule has 1 aromatic carbocycles. The Balaban J connectivity index is 3.19. The van der Waals surface area contributed by atoms with Gasteiger partial charge < -0.3 is 10.5 Å². The zero-order valence-corrected chi connectivity index (χ0v) is 9.78. The second-order valence-corrected chi connectivity index (χ2v) is 3.89. The first kappa shape index (κ1) is 13.1. The zero-order valence-electron chi connectivity index (χ0n) is 7.44. The van der Waals surface area contributed by atoms with Crippen molar-refractivity contribution < 1.29 is 22.7 Å². The SMILES string of the molecule is Nc1c(Br)cc(OC(F)(F)F)cc1C(=O)Cl. The number of benzene rings is 1. The van der Waals surface area contributed by atoms with E-state index in [9.17, 15) is 18.0 Å². The molecule has 0 fully saturated rings. The predicted octanol–water partition coefficient (Wildman–Crippen LogP) is 3.31. The molecule has 0 aliphatic carbocycles. The highest BCUT2D eigenvalue weighted by Gasteiger charge is 2.31. The Morgan fingerprint density at radius 3 is 2.44 bits per heavy atom. The van der Waals surface area contributed by atoms with Gasteiger partial charge in [0.05, 0.1) is 11.3 Å². The van der Waals surface area contributed by atoms with Gasteiger partial charge >= 0.3 is 6.36 Å². The van der Waals surface area contributed by atoms with Gasteiger partial charge in [0.15, 0.2) is 0 Å². The predicted molar refractivity (Wildman–Crippen MR) is 55.4 cm³/mol. The van der Waals surface area contributed by atoms with Gasteiger partial charge in [-0.25, -0.2) is 0 Å². The lowest BCUT2D eigenvalue weighted by Gasteiger charge is -2.11. The van der Waals surface area contributed by atoms with Crippen LogP contribution in [0.1, 0.15) is 10.4 Å². The van der Waals surface area contributed by atoms with Crippen LogP contribution < -0.4 is 10.5 Å². The number of hydrogen-bond acceptors (Lipinski definition) is 3. The fourth-order valence-electron chi connectivity index (χ4n) is 0.948. The highest BCUT2D eigenvalue weighted by Crippen LogP contribution is 2.32. The largest absolute Gasteiger partial charge is 0.573 e. The van der Waals surface area contributed by atoms with E-state index in [0.29, 0.717) is 0 Å². The Labute approximate surface area is 101 Å². The van der Waals surface area contributed by atoms with Gasteiger partial charge in [-0.3, -0.25) is 4.79 Å². The summed E-state index contributed by atoms with van der Waals surface area (Å²) in [6.45, 7) is 0. The molecule has 8 heteroatoms. The average molecular weight is 318 g/mol. The molecule has 0 aromatic heterocycles. The molecule has 3 nitrogen and oxygen atoms in total. The van der Waals surface area contributed by atoms with Crippen molar-refractivity contribution in [2.75, 3.05) is 5.73 Å². The molecule has 16 heavy (non-hydrogen) atoms. The molecule has 1 aromatic rings. The fourth-order valence-corrected chi connectivity index (χ4v) is 1.54. The van der Waals surface area contributed by atoms with E-state index in [1.165, 1.54) is 0 Å². The molecule has 0 aliphatic rings. The van der Waals surface area contributed by atoms with Gasteiger partial charge in [-0.15, -0.1) is 13.2 Å². The van der Waals surface area contributed by atoms with Gasteiger partial charge in [0.1, 0.15) is 5.75 Å². The number of ether oxygens (including phenoxy) is 1. The van der Waals surface area contributed by atoms with Crippen LogP contribution in [0.5, 0.6) is 5.75 Å². The van der Waals surface area contributed by atoms with Crippen LogP contribution in [-0.4, -0.2) is 11.6 Å². The van der Waals surface area contributed by atoms with E-state index in [-0.39, 0.29) is 15.7 Å². The Kier molecular flexibility index (Phi) is 3.69. The maximum atomic E-state index is 11.9. The first-order valence-corrected chi connectivity index (χ1v) is 4.92. The third-order valence-corrected chi connectivity index (χ3v) is 2.41. The van der Waals surface area contributed by atoms with E-state index in [1.807, 2.05) is 0 Å². The van der Waals surface area contributed by atoms with Gasteiger partial charge in [0.2, 0.25) is 0 Å². The third kappa shape index (κ3) is 3.28. The first-order chi connectivity index (χ1) is 7.20. The normalized spacial score (nSPS) is 11.3. The fraction of sp³-hybridized carbons (Fsp3) is 0.125. The third-order valence-electron chi connectivity index (χ3n) is 1.55. The van der Waals surface area contributed by atoms with Gasteiger partial charge in [0.25, 0.3) is 5.24 Å². The van der Waals surface area contributed by atoms with Gasteiger partial charge in [-0.1, -0.05) is 0 Å². The average Bonchev–Trinajstić information content (AvgIpc) is 2.07. The van der Waals surface area contributed by atoms with E-state index in [4.69, 9.17) is 17.3 Å². The number of carbonyl (C=O) groups excluding carboxylic acids is 1. The van der Waals surface area contributed by atoms with Crippen molar-refractivity contribution in [3.63, 3.8) is 0 Å². The van der Waals surface area contributed by atoms with E-state index in [1.54, 1.807) is 0 Å². The first-order valence-electron chi connectivity index (χ1n) is 3.75. The number of halogens is 5. The number of nitrogens with two attached hydrogens (primary N) is 1. The molecule has 0 spiro atoms. The molecule has 0 amide bonds. The molecular weight excluding hydrogens is 314 g/mol. The second kappa shape index (κ2) is 4.50. The summed E-state index contributed by atoms with van der Waals surface area (Å²) >= 11 is 8.04. The highest BCUT2D eigenvalue weighted by atomic mass is 79.9. The molecule has 0 aliphatic heterocycles. The van der Waals surface area contributed by atoms with Crippen LogP contribution >= 0.6 is 27.5 Å². The van der Waals surface area contributed by atoms with Crippen LogP contribution in [0.25, 0.3) is 0 Å². The van der Waals surface area contributed by atoms with Crippen molar-refractivity contribution in [1.82, 2.24) is 0 Å². The lowest BCUT2D eigenvalue weighted by Crippen LogP contribution is -2.17. The van der Waals surface area contributed by atoms with Gasteiger partial charge in [-0.05, 0) is 39.7 Å². The molecule has 0 bridgehead atoms. The molecule has 1 rings (SSSR count). The quantitative estimate of drug-likeness (QED) is 0.672. The highest BCUT2D eigenvalue weighted by molar-refractivity contribution is 9.10. The standard InChI is InChI=1S/C8H4BrClF3NO2/c9-5-2-3(16-8(11,12)13)1-4(6(5)14)7(10)15/h1-2H,14H2. The molecule has 2 N–H and O–H groups in total. The van der Waals surface area contributed by atoms with Crippen LogP contribution in [0.4, 0.5) is 18.9 Å². The van der Waals surface area contributed by atoms with Crippen LogP contribution in [0.3, 0.4) is 0 Å². The number of nitrogen functional groups attached to an aromatic ring is 1. The second-order valence-electron chi connectivity index (χ2n) is 2.69. The molecule has 0 radical (unpaired) electrons. The number of alkyl halides is 3. The van der Waals surface area contributed by atoms with Crippen molar-refractivity contribution in [1.29, 1.82) is 0 Å². The monoisotopic (exact) mass is 317 g/mol. The summed E-state index contributed by atoms with van der Waals surface area (Å²) in [4.78, 5) is 10.9. The number of carbonyl (C=O) groups is 1. The maximum absolute atomic E-state index is 11.9. The molecular formula is C8H4BrClF3NO2. The van der Waals surface area contributed by atoms with E-state index >= 15 is 0 Å². The summed E-state index contributed by atoms with van der Waals surface area (Å²) in [6.07, 6.45) is -4.85. The number of anilines is 1. The van der Waals surface area contributed by atoms with Crippen molar-refractivity contribution in [2.24, 2.45) is 0 Å². The Bertz CT molecular complexity index is 436. The topological polar surface area (TPSA) is 52.3 Å². The smallest absolute Gasteiger partial charge is 0.406 e. The van der Waals surface area contributed by atoms with Crippen LogP contribution in [-0.2, 0) is 0 Å². The molecule has 0 saturated heterocycles. The van der Waals surface area contributed by atoms with Crippen LogP contribution in [0, 0.1) is 0 Å². The Morgan fingerprint density at radius 1 is 1.44 bits per heavy atom. The Morgan fingerprint density at radius 2 is 2.00 bits per heavy atom. The summed E-state index contributed by atoms with van der Waals surface area (Å²) in [5, 5.41) is -0.967. The van der Waals surface area contributed by atoms with Crippen molar-refractivity contribution >= 4 is 38.5 Å². The van der Waals surface area contributed by atoms with Crippen molar-refractivity contribution in [3.8, 4) is 5.75 Å². The molecule has 88 valence electrons. The van der Waals surface area contributed by atoms with Crippen molar-refractivity contribution in [3.05, 3.63) is 22.2 Å². The minimum Gasteiger partial charge on any atom is -0.406 e. The van der Waals surface area contributed by atoms with E-state index < -0.39 is 17.4 Å². The maximum Gasteiger partial charge on any atom is 0.573 e. The summed E-state index contributed by atoms with van der Waals surface area (Å²) in [7, 11) is 0. The molecule has 0 heterocycles. The van der Waals surface area contributed by atoms with Crippen molar-refractivity contribution in [2.45, 2.75) is 6.36 Å². The lowest BCUT2D eigenvalue weighted by molar-refractivity contribution is -0.274. The van der Waals surface area contributed by atoms with E-state index in [0.717, 1.165) is 12.1 Å². The number of hydrogen-bond donors (Lipinski definition) is 1. The van der Waals surface area contributed by atoms with Crippen LogP contribution in [0.2, 0.25) is 0 Å². The minimum atomic E-state index is -4.85. The summed E-state index contributed by atoms with van der Waals surface area (Å²) in [6, 6.07) is 1.81. The zero-order chi connectivity index (χ0) is 12.5. The van der Waals surface area contributed by atoms with E-state index in [2.05, 4.69) is 20.7 Å². The Hall–Kier alpha value is -0.950. The van der Waals surface area contributed by atoms with Gasteiger partial charge in [0, 0.05) is 4.47 Å². The molecule has 0 unspecified atom stereocenters. The summed E-state index contributed by atoms with van der Waals surface area (Å²) < 4.78 is 39.5. The van der Waals surface area contributed by atoms with Gasteiger partial charge in [-0.2, -0.15) is 0 Å². The summed E-state index contributed by atoms with van der Waals surface area (Å²) in [5.74, 6) is -0.572. The molecule has 0 atom stereocenters. The lowest BCUT2D eigenvalue weighted by atomic mass is 10.2. The summed E-state index contributed by atoms with van der Waals surface area (Å²) in [5.41, 5.74) is 5.13.